The lowest BCUT2D eigenvalue weighted by Crippen LogP contribution is -3.00. The maximum atomic E-state index is 3.11. The monoisotopic (exact) mass is 255 g/mol. The van der Waals surface area contributed by atoms with Crippen LogP contribution >= 0.6 is 22.6 Å². The summed E-state index contributed by atoms with van der Waals surface area (Å²) in [5.74, 6) is 0. The largest absolute Gasteiger partial charge is 1.00 e. The zero-order valence-corrected chi connectivity index (χ0v) is 7.69. The van der Waals surface area contributed by atoms with E-state index in [1.54, 1.807) is 0 Å². The number of rotatable bonds is 1. The van der Waals surface area contributed by atoms with Gasteiger partial charge < -0.3 is 12.4 Å². The van der Waals surface area contributed by atoms with Crippen molar-refractivity contribution in [2.75, 3.05) is 0 Å². The van der Waals surface area contributed by atoms with Gasteiger partial charge >= 0.3 is 0 Å². The van der Waals surface area contributed by atoms with Crippen LogP contribution in [0, 0.1) is 0 Å². The molecule has 0 aliphatic heterocycles. The second-order valence-corrected chi connectivity index (χ2v) is 2.28. The van der Waals surface area contributed by atoms with E-state index < -0.39 is 0 Å². The third-order valence-electron chi connectivity index (χ3n) is 0.917. The first kappa shape index (κ1) is 9.17. The predicted octanol–water partition coefficient (Wildman–Crippen LogP) is -1.56. The molecule has 0 spiro atoms. The maximum absolute atomic E-state index is 3.11. The fraction of sp³-hybridized carbons (Fsp3) is 0.167. The molecule has 1 N–H and O–H groups in total. The van der Waals surface area contributed by atoms with E-state index in [1.807, 2.05) is 18.3 Å². The van der Waals surface area contributed by atoms with Crippen molar-refractivity contribution >= 4 is 22.6 Å². The number of hydrogen-bond acceptors (Lipinski definition) is 0. The second kappa shape index (κ2) is 4.99. The minimum Gasteiger partial charge on any atom is -1.00 e. The molecule has 0 aliphatic rings. The molecule has 0 fully saturated rings. The van der Waals surface area contributed by atoms with Crippen molar-refractivity contribution in [2.24, 2.45) is 0 Å². The Morgan fingerprint density at radius 3 is 2.56 bits per heavy atom. The lowest BCUT2D eigenvalue weighted by Gasteiger charge is -1.80. The molecule has 0 radical (unpaired) electrons. The third-order valence-corrected chi connectivity index (χ3v) is 1.74. The lowest BCUT2D eigenvalue weighted by molar-refractivity contribution is -0.387. The summed E-state index contributed by atoms with van der Waals surface area (Å²) in [5.41, 5.74) is 1.27. The second-order valence-electron chi connectivity index (χ2n) is 1.52. The molecule has 0 atom stereocenters. The highest BCUT2D eigenvalue weighted by molar-refractivity contribution is 14.1. The molecule has 0 unspecified atom stereocenters. The summed E-state index contributed by atoms with van der Waals surface area (Å²) < 4.78 is 1.05. The highest BCUT2D eigenvalue weighted by atomic mass is 127. The van der Waals surface area contributed by atoms with Gasteiger partial charge in [0.15, 0.2) is 11.9 Å². The van der Waals surface area contributed by atoms with Crippen LogP contribution in [0.2, 0.25) is 0 Å². The molecule has 1 rings (SSSR count). The van der Waals surface area contributed by atoms with Crippen molar-refractivity contribution < 1.29 is 17.4 Å². The highest BCUT2D eigenvalue weighted by Crippen LogP contribution is 1.94. The Bertz CT molecular complexity index is 154. The molecule has 0 aliphatic carbocycles. The zero-order chi connectivity index (χ0) is 5.82. The van der Waals surface area contributed by atoms with Crippen molar-refractivity contribution in [2.45, 2.75) is 4.43 Å². The Labute approximate surface area is 74.4 Å². The Kier molecular flexibility index (Phi) is 5.09. The number of aromatic nitrogens is 1. The van der Waals surface area contributed by atoms with Crippen molar-refractivity contribution in [3.05, 3.63) is 30.1 Å². The molecule has 1 nitrogen and oxygen atoms in total. The van der Waals surface area contributed by atoms with Crippen LogP contribution in [0.15, 0.2) is 24.4 Å². The fourth-order valence-corrected chi connectivity index (χ4v) is 0.988. The van der Waals surface area contributed by atoms with E-state index in [9.17, 15) is 0 Å². The van der Waals surface area contributed by atoms with E-state index in [2.05, 4.69) is 33.6 Å². The Hall–Kier alpha value is 0.170. The number of aromatic amines is 1. The molecule has 1 aromatic rings. The summed E-state index contributed by atoms with van der Waals surface area (Å²) in [4.78, 5) is 3.11. The highest BCUT2D eigenvalue weighted by Gasteiger charge is 1.90. The van der Waals surface area contributed by atoms with E-state index in [-0.39, 0.29) is 12.4 Å². The fourth-order valence-electron chi connectivity index (χ4n) is 0.514. The van der Waals surface area contributed by atoms with Crippen LogP contribution in [0.3, 0.4) is 0 Å². The van der Waals surface area contributed by atoms with Crippen LogP contribution in [0.4, 0.5) is 0 Å². The van der Waals surface area contributed by atoms with Crippen molar-refractivity contribution in [3.8, 4) is 0 Å². The molecular weight excluding hydrogens is 248 g/mol. The van der Waals surface area contributed by atoms with Gasteiger partial charge in [-0.1, -0.05) is 28.7 Å². The van der Waals surface area contributed by atoms with E-state index >= 15 is 0 Å². The van der Waals surface area contributed by atoms with Crippen molar-refractivity contribution in [1.82, 2.24) is 0 Å². The first-order valence-corrected chi connectivity index (χ1v) is 3.97. The third kappa shape index (κ3) is 3.01. The van der Waals surface area contributed by atoms with Crippen LogP contribution in [-0.4, -0.2) is 0 Å². The zero-order valence-electron chi connectivity index (χ0n) is 4.77. The SMILES string of the molecule is ICc1cccc[nH+]1.[Cl-]. The average molecular weight is 255 g/mol. The van der Waals surface area contributed by atoms with Gasteiger partial charge in [-0.15, -0.1) is 0 Å². The van der Waals surface area contributed by atoms with Gasteiger partial charge in [0.05, 0.1) is 4.43 Å². The molecule has 0 saturated carbocycles. The summed E-state index contributed by atoms with van der Waals surface area (Å²) in [6.07, 6.45) is 1.94. The van der Waals surface area contributed by atoms with Gasteiger partial charge in [0.1, 0.15) is 0 Å². The molecule has 3 heteroatoms. The van der Waals surface area contributed by atoms with E-state index in [0.29, 0.717) is 0 Å². The predicted molar refractivity (Wildman–Crippen MR) is 40.7 cm³/mol. The number of H-pyrrole nitrogens is 1. The molecule has 0 bridgehead atoms. The topological polar surface area (TPSA) is 14.1 Å². The molecule has 0 aromatic carbocycles. The first-order valence-electron chi connectivity index (χ1n) is 2.45. The number of halogens is 2. The molecular formula is C6H7ClIN. The minimum absolute atomic E-state index is 0. The quantitative estimate of drug-likeness (QED) is 0.426. The van der Waals surface area contributed by atoms with E-state index in [0.717, 1.165) is 4.43 Å². The summed E-state index contributed by atoms with van der Waals surface area (Å²) in [6.45, 7) is 0. The lowest BCUT2D eigenvalue weighted by atomic mass is 10.4. The molecule has 1 aromatic heterocycles. The summed E-state index contributed by atoms with van der Waals surface area (Å²) in [5, 5.41) is 0. The molecule has 0 saturated heterocycles. The van der Waals surface area contributed by atoms with Crippen LogP contribution in [0.25, 0.3) is 0 Å². The van der Waals surface area contributed by atoms with Gasteiger partial charge in [-0.2, -0.15) is 0 Å². The molecule has 1 heterocycles. The minimum atomic E-state index is 0. The Balaban J connectivity index is 0.000000640. The van der Waals surface area contributed by atoms with Gasteiger partial charge in [0.2, 0.25) is 0 Å². The Morgan fingerprint density at radius 1 is 1.44 bits per heavy atom. The number of alkyl halides is 1. The van der Waals surface area contributed by atoms with Gasteiger partial charge in [-0.3, -0.25) is 0 Å². The van der Waals surface area contributed by atoms with Gasteiger partial charge in [-0.25, -0.2) is 4.98 Å². The first-order chi connectivity index (χ1) is 3.93. The number of nitrogens with one attached hydrogen (secondary N) is 1. The van der Waals surface area contributed by atoms with Crippen molar-refractivity contribution in [3.63, 3.8) is 0 Å². The normalized spacial score (nSPS) is 8.11. The summed E-state index contributed by atoms with van der Waals surface area (Å²) >= 11 is 2.32. The van der Waals surface area contributed by atoms with E-state index in [4.69, 9.17) is 0 Å². The molecule has 0 amide bonds. The van der Waals surface area contributed by atoms with Crippen LogP contribution in [0.1, 0.15) is 5.69 Å². The standard InChI is InChI=1S/C6H6IN.ClH/c7-5-6-3-1-2-4-8-6;/h1-4H,5H2;1H. The summed E-state index contributed by atoms with van der Waals surface area (Å²) in [7, 11) is 0. The van der Waals surface area contributed by atoms with Gasteiger partial charge in [0.25, 0.3) is 0 Å². The van der Waals surface area contributed by atoms with Gasteiger partial charge in [0, 0.05) is 12.1 Å². The molecule has 50 valence electrons. The van der Waals surface area contributed by atoms with Gasteiger partial charge in [-0.05, 0) is 0 Å². The molecule has 9 heavy (non-hydrogen) atoms. The van der Waals surface area contributed by atoms with E-state index in [1.165, 1.54) is 5.69 Å². The van der Waals surface area contributed by atoms with Crippen molar-refractivity contribution in [1.29, 1.82) is 0 Å². The Morgan fingerprint density at radius 2 is 2.22 bits per heavy atom. The average Bonchev–Trinajstić information content (AvgIpc) is 1.90. The van der Waals surface area contributed by atoms with Crippen LogP contribution < -0.4 is 17.4 Å². The number of pyridine rings is 1. The smallest absolute Gasteiger partial charge is 0.189 e. The van der Waals surface area contributed by atoms with Crippen LogP contribution in [0.5, 0.6) is 0 Å². The van der Waals surface area contributed by atoms with Crippen LogP contribution in [-0.2, 0) is 4.43 Å². The maximum Gasteiger partial charge on any atom is 0.189 e. The summed E-state index contributed by atoms with van der Waals surface area (Å²) in [6, 6.07) is 6.09. The number of hydrogen-bond donors (Lipinski definition) is 0.